The molecule has 2 heterocycles. The van der Waals surface area contributed by atoms with Crippen LogP contribution >= 0.6 is 11.3 Å². The summed E-state index contributed by atoms with van der Waals surface area (Å²) in [7, 11) is 0. The quantitative estimate of drug-likeness (QED) is 0.720. The van der Waals surface area contributed by atoms with Crippen molar-refractivity contribution >= 4 is 32.6 Å². The third kappa shape index (κ3) is 3.02. The molecule has 1 aromatic heterocycles. The van der Waals surface area contributed by atoms with Crippen LogP contribution in [0, 0.1) is 23.2 Å². The van der Waals surface area contributed by atoms with Crippen LogP contribution in [-0.4, -0.2) is 48.6 Å². The van der Waals surface area contributed by atoms with Gasteiger partial charge in [-0.05, 0) is 75.3 Å². The zero-order chi connectivity index (χ0) is 20.3. The molecule has 2 aromatic rings. The van der Waals surface area contributed by atoms with Gasteiger partial charge in [-0.2, -0.15) is 0 Å². The molecule has 160 valence electrons. The number of fused-ring (bicyclic) bond motifs is 1. The van der Waals surface area contributed by atoms with Crippen LogP contribution in [0.25, 0.3) is 10.2 Å². The van der Waals surface area contributed by atoms with Crippen molar-refractivity contribution in [3.63, 3.8) is 0 Å². The lowest BCUT2D eigenvalue weighted by molar-refractivity contribution is -0.158. The van der Waals surface area contributed by atoms with Crippen molar-refractivity contribution in [2.75, 3.05) is 37.7 Å². The zero-order valence-electron chi connectivity index (χ0n) is 17.8. The highest BCUT2D eigenvalue weighted by molar-refractivity contribution is 7.22. The molecule has 0 unspecified atom stereocenters. The number of aromatic nitrogens is 1. The number of nitrogens with zero attached hydrogens (tertiary/aromatic N) is 3. The fourth-order valence-electron chi connectivity index (χ4n) is 7.13. The number of hydrogen-bond acceptors (Lipinski definition) is 5. The molecule has 1 saturated heterocycles. The predicted molar refractivity (Wildman–Crippen MR) is 120 cm³/mol. The highest BCUT2D eigenvalue weighted by Gasteiger charge is 2.55. The van der Waals surface area contributed by atoms with Gasteiger partial charge in [-0.25, -0.2) is 4.98 Å². The van der Waals surface area contributed by atoms with Gasteiger partial charge in [-0.3, -0.25) is 4.79 Å². The number of anilines is 1. The van der Waals surface area contributed by atoms with E-state index in [9.17, 15) is 4.79 Å². The standard InChI is InChI=1S/C24H31N3O2S/c1-2-29-19-4-3-5-20-21(19)25-23(30-20)27-8-6-26(7-9-27)22(28)24-13-16-10-17(14-24)12-18(11-16)15-24/h3-5,16-18H,2,6-15H2,1H3. The summed E-state index contributed by atoms with van der Waals surface area (Å²) in [5, 5.41) is 1.05. The Hall–Kier alpha value is -1.82. The second kappa shape index (κ2) is 7.11. The van der Waals surface area contributed by atoms with Crippen LogP contribution in [0.4, 0.5) is 5.13 Å². The molecule has 4 saturated carbocycles. The van der Waals surface area contributed by atoms with Gasteiger partial charge in [-0.15, -0.1) is 0 Å². The van der Waals surface area contributed by atoms with E-state index in [4.69, 9.17) is 9.72 Å². The first kappa shape index (κ1) is 18.9. The lowest BCUT2D eigenvalue weighted by Gasteiger charge is -2.57. The third-order valence-corrected chi connectivity index (χ3v) is 9.08. The summed E-state index contributed by atoms with van der Waals surface area (Å²) in [6, 6.07) is 6.15. The van der Waals surface area contributed by atoms with E-state index in [0.29, 0.717) is 12.5 Å². The van der Waals surface area contributed by atoms with Gasteiger partial charge in [0, 0.05) is 26.2 Å². The molecule has 4 aliphatic carbocycles. The first-order chi connectivity index (χ1) is 14.6. The molecule has 1 amide bonds. The monoisotopic (exact) mass is 425 g/mol. The van der Waals surface area contributed by atoms with Crippen LogP contribution in [-0.2, 0) is 4.79 Å². The molecule has 0 spiro atoms. The minimum Gasteiger partial charge on any atom is -0.492 e. The molecule has 5 aliphatic rings. The summed E-state index contributed by atoms with van der Waals surface area (Å²) in [5.41, 5.74) is 0.950. The van der Waals surface area contributed by atoms with E-state index in [2.05, 4.69) is 15.9 Å². The van der Waals surface area contributed by atoms with Gasteiger partial charge >= 0.3 is 0 Å². The van der Waals surface area contributed by atoms with Crippen LogP contribution in [0.5, 0.6) is 5.75 Å². The Morgan fingerprint density at radius 2 is 1.77 bits per heavy atom. The van der Waals surface area contributed by atoms with Gasteiger partial charge in [0.05, 0.1) is 16.7 Å². The van der Waals surface area contributed by atoms with E-state index < -0.39 is 0 Å². The number of piperazine rings is 1. The molecule has 30 heavy (non-hydrogen) atoms. The lowest BCUT2D eigenvalue weighted by Crippen LogP contribution is -2.58. The van der Waals surface area contributed by atoms with Gasteiger partial charge in [0.25, 0.3) is 0 Å². The Labute approximate surface area is 182 Å². The fourth-order valence-corrected chi connectivity index (χ4v) is 8.16. The summed E-state index contributed by atoms with van der Waals surface area (Å²) in [4.78, 5) is 23.1. The Kier molecular flexibility index (Phi) is 4.48. The van der Waals surface area contributed by atoms with Crippen molar-refractivity contribution < 1.29 is 9.53 Å². The van der Waals surface area contributed by atoms with Crippen LogP contribution in [0.2, 0.25) is 0 Å². The summed E-state index contributed by atoms with van der Waals surface area (Å²) in [6.07, 6.45) is 7.66. The molecule has 1 aromatic carbocycles. The maximum Gasteiger partial charge on any atom is 0.228 e. The largest absolute Gasteiger partial charge is 0.492 e. The number of amides is 1. The van der Waals surface area contributed by atoms with Crippen molar-refractivity contribution in [1.82, 2.24) is 9.88 Å². The minimum atomic E-state index is -0.0147. The van der Waals surface area contributed by atoms with Gasteiger partial charge in [0.15, 0.2) is 5.13 Å². The third-order valence-electron chi connectivity index (χ3n) is 8.00. The molecular formula is C24H31N3O2S. The second-order valence-electron chi connectivity index (χ2n) is 10.0. The molecule has 7 rings (SSSR count). The van der Waals surface area contributed by atoms with Crippen molar-refractivity contribution in [1.29, 1.82) is 0 Å². The molecule has 0 radical (unpaired) electrons. The van der Waals surface area contributed by atoms with E-state index in [1.165, 1.54) is 24.0 Å². The SMILES string of the molecule is CCOc1cccc2sc(N3CCN(C(=O)C45CC6CC(CC(C6)C4)C5)CC3)nc12. The van der Waals surface area contributed by atoms with E-state index in [-0.39, 0.29) is 5.41 Å². The summed E-state index contributed by atoms with van der Waals surface area (Å²) >= 11 is 1.73. The van der Waals surface area contributed by atoms with E-state index in [1.54, 1.807) is 11.3 Å². The number of ether oxygens (including phenoxy) is 1. The van der Waals surface area contributed by atoms with Gasteiger partial charge < -0.3 is 14.5 Å². The topological polar surface area (TPSA) is 45.7 Å². The Bertz CT molecular complexity index is 927. The number of hydrogen-bond donors (Lipinski definition) is 0. The first-order valence-corrected chi connectivity index (χ1v) is 12.5. The lowest BCUT2D eigenvalue weighted by atomic mass is 9.49. The number of carbonyl (C=O) groups excluding carboxylic acids is 1. The number of rotatable bonds is 4. The van der Waals surface area contributed by atoms with E-state index in [1.807, 2.05) is 19.1 Å². The maximum absolute atomic E-state index is 13.6. The average molecular weight is 426 g/mol. The molecule has 6 heteroatoms. The first-order valence-electron chi connectivity index (χ1n) is 11.7. The maximum atomic E-state index is 13.6. The smallest absolute Gasteiger partial charge is 0.228 e. The normalized spacial score (nSPS) is 32.8. The van der Waals surface area contributed by atoms with E-state index >= 15 is 0 Å². The van der Waals surface area contributed by atoms with Crippen LogP contribution in [0.3, 0.4) is 0 Å². The number of para-hydroxylation sites is 1. The summed E-state index contributed by atoms with van der Waals surface area (Å²) in [6.45, 7) is 6.07. The highest BCUT2D eigenvalue weighted by Crippen LogP contribution is 2.60. The van der Waals surface area contributed by atoms with Crippen molar-refractivity contribution in [3.8, 4) is 5.75 Å². The van der Waals surface area contributed by atoms with Gasteiger partial charge in [0.1, 0.15) is 11.3 Å². The summed E-state index contributed by atoms with van der Waals surface area (Å²) in [5.74, 6) is 3.81. The second-order valence-corrected chi connectivity index (χ2v) is 11.0. The van der Waals surface area contributed by atoms with Crippen molar-refractivity contribution in [3.05, 3.63) is 18.2 Å². The molecular weight excluding hydrogens is 394 g/mol. The molecule has 5 fully saturated rings. The van der Waals surface area contributed by atoms with Crippen LogP contribution in [0.15, 0.2) is 18.2 Å². The molecule has 5 nitrogen and oxygen atoms in total. The number of carbonyl (C=O) groups is 1. The number of thiazole rings is 1. The zero-order valence-corrected chi connectivity index (χ0v) is 18.6. The van der Waals surface area contributed by atoms with Crippen LogP contribution in [0.1, 0.15) is 45.4 Å². The highest BCUT2D eigenvalue weighted by atomic mass is 32.1. The van der Waals surface area contributed by atoms with Crippen LogP contribution < -0.4 is 9.64 Å². The number of benzene rings is 1. The van der Waals surface area contributed by atoms with Gasteiger partial charge in [0.2, 0.25) is 5.91 Å². The Morgan fingerprint density at radius 3 is 2.40 bits per heavy atom. The van der Waals surface area contributed by atoms with Crippen molar-refractivity contribution in [2.24, 2.45) is 23.2 Å². The molecule has 1 aliphatic heterocycles. The Balaban J connectivity index is 1.16. The molecule has 0 atom stereocenters. The van der Waals surface area contributed by atoms with Crippen molar-refractivity contribution in [2.45, 2.75) is 45.4 Å². The summed E-state index contributed by atoms with van der Waals surface area (Å²) < 4.78 is 6.93. The fraction of sp³-hybridized carbons (Fsp3) is 0.667. The molecule has 4 bridgehead atoms. The predicted octanol–water partition coefficient (Wildman–Crippen LogP) is 4.56. The molecule has 0 N–H and O–H groups in total. The Morgan fingerprint density at radius 1 is 1.10 bits per heavy atom. The minimum absolute atomic E-state index is 0.0147. The van der Waals surface area contributed by atoms with Gasteiger partial charge in [-0.1, -0.05) is 17.4 Å². The van der Waals surface area contributed by atoms with E-state index in [0.717, 1.165) is 79.6 Å². The average Bonchev–Trinajstić information content (AvgIpc) is 3.18.